The van der Waals surface area contributed by atoms with E-state index in [4.69, 9.17) is 9.47 Å². The molecule has 0 spiro atoms. The second kappa shape index (κ2) is 13.0. The number of aliphatic hydroxyl groups excluding tert-OH is 1. The Morgan fingerprint density at radius 2 is 1.50 bits per heavy atom. The summed E-state index contributed by atoms with van der Waals surface area (Å²) in [6.07, 6.45) is 6.12. The number of benzene rings is 3. The lowest BCUT2D eigenvalue weighted by molar-refractivity contribution is -0.268. The van der Waals surface area contributed by atoms with Gasteiger partial charge in [-0.25, -0.2) is 9.59 Å². The smallest absolute Gasteiger partial charge is 0.336 e. The molecule has 4 bridgehead atoms. The number of aliphatic hydroxyl groups is 1. The highest BCUT2D eigenvalue weighted by atomic mass is 32.2. The summed E-state index contributed by atoms with van der Waals surface area (Å²) in [5.41, 5.74) is 3.57. The van der Waals surface area contributed by atoms with Crippen LogP contribution >= 0.6 is 11.8 Å². The van der Waals surface area contributed by atoms with Crippen molar-refractivity contribution in [1.82, 2.24) is 5.32 Å². The Kier molecular flexibility index (Phi) is 8.85. The van der Waals surface area contributed by atoms with E-state index in [1.54, 1.807) is 12.1 Å². The number of carbonyl (C=O) groups is 2. The third-order valence-corrected chi connectivity index (χ3v) is 11.7. The molecule has 1 heterocycles. The van der Waals surface area contributed by atoms with Gasteiger partial charge in [0.15, 0.2) is 6.29 Å². The van der Waals surface area contributed by atoms with Crippen molar-refractivity contribution in [1.29, 1.82) is 0 Å². The first-order valence-electron chi connectivity index (χ1n) is 16.4. The van der Waals surface area contributed by atoms with E-state index in [9.17, 15) is 19.8 Å². The van der Waals surface area contributed by atoms with E-state index >= 15 is 0 Å². The van der Waals surface area contributed by atoms with Gasteiger partial charge in [-0.15, -0.1) is 11.8 Å². The Hall–Kier alpha value is -3.37. The van der Waals surface area contributed by atoms with Gasteiger partial charge in [0, 0.05) is 33.4 Å². The first kappa shape index (κ1) is 31.2. The number of urea groups is 1. The van der Waals surface area contributed by atoms with Gasteiger partial charge in [-0.3, -0.25) is 0 Å². The summed E-state index contributed by atoms with van der Waals surface area (Å²) in [5.74, 6) is 1.83. The number of nitrogens with one attached hydrogen (secondary N) is 2. The molecular formula is C37H42N2O6S. The predicted molar refractivity (Wildman–Crippen MR) is 177 cm³/mol. The number of thioether (sulfide) groups is 1. The fraction of sp³-hybridized carbons (Fsp3) is 0.459. The number of carbonyl (C=O) groups excluding carboxylic acids is 1. The van der Waals surface area contributed by atoms with Gasteiger partial charge in [-0.1, -0.05) is 55.5 Å². The summed E-state index contributed by atoms with van der Waals surface area (Å²) in [5, 5.41) is 25.7. The SMILES string of the molecule is C[C@H]1[C@@H](CSc2ccccc2C(=O)O)O[C@@H](c2ccc(NC(=O)NC34CC5CC(CC(C5)C3)C4)cc2)O[C@H]1c1ccc(CO)cc1. The summed E-state index contributed by atoms with van der Waals surface area (Å²) in [7, 11) is 0. The molecule has 2 amide bonds. The minimum Gasteiger partial charge on any atom is -0.478 e. The average Bonchev–Trinajstić information content (AvgIpc) is 3.04. The van der Waals surface area contributed by atoms with E-state index in [1.807, 2.05) is 60.7 Å². The standard InChI is InChI=1S/C37H42N2O6S/c1-22-31(21-46-32-5-3-2-4-30(32)34(41)42)44-35(45-33(22)27-8-6-23(20-40)7-9-27)28-10-12-29(13-11-28)38-36(43)39-37-17-24-14-25(18-37)16-26(15-24)19-37/h2-13,22,24-26,31,33,35,40H,14-21H2,1H3,(H,41,42)(H2,38,39,43)/t22-,24?,25?,26?,31+,33+,35+,37?/m0/s1. The van der Waals surface area contributed by atoms with Crippen LogP contribution in [0.2, 0.25) is 0 Å². The zero-order valence-electron chi connectivity index (χ0n) is 26.1. The van der Waals surface area contributed by atoms with E-state index < -0.39 is 12.3 Å². The van der Waals surface area contributed by atoms with Crippen LogP contribution in [0.4, 0.5) is 10.5 Å². The molecule has 0 radical (unpaired) electrons. The molecule has 4 N–H and O–H groups in total. The monoisotopic (exact) mass is 642 g/mol. The Labute approximate surface area is 274 Å². The molecule has 46 heavy (non-hydrogen) atoms. The van der Waals surface area contributed by atoms with Crippen LogP contribution < -0.4 is 10.6 Å². The summed E-state index contributed by atoms with van der Waals surface area (Å²) in [6, 6.07) is 22.3. The Balaban J connectivity index is 1.05. The highest BCUT2D eigenvalue weighted by molar-refractivity contribution is 7.99. The molecular weight excluding hydrogens is 600 g/mol. The van der Waals surface area contributed by atoms with Gasteiger partial charge < -0.3 is 30.3 Å². The largest absolute Gasteiger partial charge is 0.478 e. The zero-order chi connectivity index (χ0) is 31.8. The number of carboxylic acids is 1. The lowest BCUT2D eigenvalue weighted by atomic mass is 9.53. The molecule has 0 unspecified atom stereocenters. The van der Waals surface area contributed by atoms with E-state index in [1.165, 1.54) is 31.0 Å². The second-order valence-electron chi connectivity index (χ2n) is 13.8. The maximum Gasteiger partial charge on any atom is 0.336 e. The van der Waals surface area contributed by atoms with Crippen LogP contribution in [0.3, 0.4) is 0 Å². The lowest BCUT2D eigenvalue weighted by Gasteiger charge is -2.56. The highest BCUT2D eigenvalue weighted by Crippen LogP contribution is 2.55. The molecule has 0 aromatic heterocycles. The van der Waals surface area contributed by atoms with Crippen molar-refractivity contribution in [2.45, 2.75) is 81.0 Å². The molecule has 4 saturated carbocycles. The normalized spacial score (nSPS) is 31.4. The fourth-order valence-electron chi connectivity index (χ4n) is 8.64. The molecule has 1 aliphatic heterocycles. The Morgan fingerprint density at radius 3 is 2.13 bits per heavy atom. The summed E-state index contributed by atoms with van der Waals surface area (Å²) in [4.78, 5) is 25.6. The number of aromatic carboxylic acids is 1. The highest BCUT2D eigenvalue weighted by Gasteiger charge is 2.51. The molecule has 9 heteroatoms. The maximum absolute atomic E-state index is 13.1. The first-order chi connectivity index (χ1) is 22.3. The van der Waals surface area contributed by atoms with Gasteiger partial charge in [0.2, 0.25) is 0 Å². The van der Waals surface area contributed by atoms with Gasteiger partial charge in [-0.2, -0.15) is 0 Å². The number of carboxylic acid groups (broad SMARTS) is 1. The topological polar surface area (TPSA) is 117 Å². The summed E-state index contributed by atoms with van der Waals surface area (Å²) < 4.78 is 13.1. The molecule has 4 aliphatic carbocycles. The minimum atomic E-state index is -0.955. The molecule has 1 saturated heterocycles. The van der Waals surface area contributed by atoms with Crippen LogP contribution in [0.15, 0.2) is 77.7 Å². The maximum atomic E-state index is 13.1. The molecule has 4 atom stereocenters. The number of ether oxygens (including phenoxy) is 2. The van der Waals surface area contributed by atoms with Crippen molar-refractivity contribution in [3.05, 3.63) is 95.1 Å². The third-order valence-electron chi connectivity index (χ3n) is 10.5. The van der Waals surface area contributed by atoms with Crippen molar-refractivity contribution < 1.29 is 29.3 Å². The number of hydrogen-bond acceptors (Lipinski definition) is 6. The van der Waals surface area contributed by atoms with Crippen LogP contribution in [-0.2, 0) is 16.1 Å². The van der Waals surface area contributed by atoms with Crippen molar-refractivity contribution >= 4 is 29.4 Å². The van der Waals surface area contributed by atoms with Gasteiger partial charge in [0.25, 0.3) is 0 Å². The van der Waals surface area contributed by atoms with Crippen molar-refractivity contribution in [3.8, 4) is 0 Å². The van der Waals surface area contributed by atoms with Gasteiger partial charge in [0.1, 0.15) is 0 Å². The summed E-state index contributed by atoms with van der Waals surface area (Å²) >= 11 is 1.47. The molecule has 8 rings (SSSR count). The molecule has 3 aromatic rings. The van der Waals surface area contributed by atoms with Crippen LogP contribution in [-0.4, -0.2) is 39.6 Å². The van der Waals surface area contributed by atoms with Crippen LogP contribution in [0.1, 0.15) is 84.9 Å². The number of amides is 2. The second-order valence-corrected chi connectivity index (χ2v) is 14.9. The Bertz CT molecular complexity index is 1530. The number of rotatable bonds is 9. The lowest BCUT2D eigenvalue weighted by Crippen LogP contribution is -2.60. The number of anilines is 1. The van der Waals surface area contributed by atoms with Gasteiger partial charge in [0.05, 0.1) is 24.4 Å². The van der Waals surface area contributed by atoms with Crippen LogP contribution in [0, 0.1) is 23.7 Å². The van der Waals surface area contributed by atoms with E-state index in [0.29, 0.717) is 16.3 Å². The molecule has 5 aliphatic rings. The Morgan fingerprint density at radius 1 is 0.870 bits per heavy atom. The van der Waals surface area contributed by atoms with Gasteiger partial charge in [-0.05, 0) is 91.7 Å². The fourth-order valence-corrected chi connectivity index (χ4v) is 9.85. The van der Waals surface area contributed by atoms with Crippen molar-refractivity contribution in [3.63, 3.8) is 0 Å². The zero-order valence-corrected chi connectivity index (χ0v) is 26.9. The minimum absolute atomic E-state index is 0.0315. The van der Waals surface area contributed by atoms with Gasteiger partial charge >= 0.3 is 12.0 Å². The summed E-state index contributed by atoms with van der Waals surface area (Å²) in [6.45, 7) is 2.06. The first-order valence-corrected chi connectivity index (χ1v) is 17.4. The molecule has 5 fully saturated rings. The molecule has 242 valence electrons. The van der Waals surface area contributed by atoms with E-state index in [2.05, 4.69) is 17.6 Å². The van der Waals surface area contributed by atoms with Crippen LogP contribution in [0.25, 0.3) is 0 Å². The predicted octanol–water partition coefficient (Wildman–Crippen LogP) is 7.55. The number of hydrogen-bond donors (Lipinski definition) is 4. The van der Waals surface area contributed by atoms with E-state index in [0.717, 1.165) is 53.7 Å². The van der Waals surface area contributed by atoms with Crippen molar-refractivity contribution in [2.24, 2.45) is 23.7 Å². The molecule has 3 aromatic carbocycles. The van der Waals surface area contributed by atoms with Crippen molar-refractivity contribution in [2.75, 3.05) is 11.1 Å². The average molecular weight is 643 g/mol. The quantitative estimate of drug-likeness (QED) is 0.178. The third kappa shape index (κ3) is 6.56. The van der Waals surface area contributed by atoms with Crippen LogP contribution in [0.5, 0.6) is 0 Å². The molecule has 8 nitrogen and oxygen atoms in total. The van der Waals surface area contributed by atoms with E-state index in [-0.39, 0.29) is 41.9 Å².